The normalized spacial score (nSPS) is 11.8. The predicted octanol–water partition coefficient (Wildman–Crippen LogP) is 2.58. The van der Waals surface area contributed by atoms with Crippen molar-refractivity contribution in [3.63, 3.8) is 0 Å². The predicted molar refractivity (Wildman–Crippen MR) is 81.1 cm³/mol. The second-order valence-electron chi connectivity index (χ2n) is 4.82. The number of esters is 1. The van der Waals surface area contributed by atoms with Gasteiger partial charge in [0.15, 0.2) is 11.8 Å². The molecule has 2 rings (SSSR count). The summed E-state index contributed by atoms with van der Waals surface area (Å²) in [5.74, 6) is -1.30. The molecule has 0 radical (unpaired) electrons. The summed E-state index contributed by atoms with van der Waals surface area (Å²) in [6, 6.07) is 5.82. The minimum absolute atomic E-state index is 0.128. The van der Waals surface area contributed by atoms with Crippen LogP contribution < -0.4 is 0 Å². The van der Waals surface area contributed by atoms with Gasteiger partial charge in [-0.15, -0.1) is 11.3 Å². The Balaban J connectivity index is 2.09. The third kappa shape index (κ3) is 3.67. The zero-order valence-electron chi connectivity index (χ0n) is 12.4. The molecule has 7 heteroatoms. The number of carbonyl (C=O) groups excluding carboxylic acids is 2. The van der Waals surface area contributed by atoms with Crippen LogP contribution in [0.3, 0.4) is 0 Å². The lowest BCUT2D eigenvalue weighted by Crippen LogP contribution is -2.34. The number of benzene rings is 1. The first-order chi connectivity index (χ1) is 10.4. The van der Waals surface area contributed by atoms with E-state index >= 15 is 0 Å². The van der Waals surface area contributed by atoms with Crippen molar-refractivity contribution in [1.82, 2.24) is 9.88 Å². The first kappa shape index (κ1) is 16.1. The van der Waals surface area contributed by atoms with Gasteiger partial charge in [-0.1, -0.05) is 0 Å². The van der Waals surface area contributed by atoms with Gasteiger partial charge in [-0.25, -0.2) is 14.2 Å². The lowest BCUT2D eigenvalue weighted by Gasteiger charge is -2.16. The van der Waals surface area contributed by atoms with Gasteiger partial charge in [-0.05, 0) is 31.2 Å². The number of hydrogen-bond donors (Lipinski definition) is 0. The summed E-state index contributed by atoms with van der Waals surface area (Å²) in [7, 11) is 3.17. The summed E-state index contributed by atoms with van der Waals surface area (Å²) in [4.78, 5) is 29.1. The van der Waals surface area contributed by atoms with Crippen molar-refractivity contribution in [3.8, 4) is 10.6 Å². The lowest BCUT2D eigenvalue weighted by molar-refractivity contribution is -0.137. The van der Waals surface area contributed by atoms with E-state index in [9.17, 15) is 14.0 Å². The van der Waals surface area contributed by atoms with Crippen molar-refractivity contribution in [1.29, 1.82) is 0 Å². The third-order valence-electron chi connectivity index (χ3n) is 2.88. The van der Waals surface area contributed by atoms with Gasteiger partial charge in [0.05, 0.1) is 0 Å². The van der Waals surface area contributed by atoms with E-state index in [2.05, 4.69) is 4.98 Å². The van der Waals surface area contributed by atoms with Crippen LogP contribution in [0.2, 0.25) is 0 Å². The molecule has 1 aromatic carbocycles. The van der Waals surface area contributed by atoms with Crippen molar-refractivity contribution >= 4 is 23.2 Å². The molecule has 1 amide bonds. The van der Waals surface area contributed by atoms with E-state index in [1.807, 2.05) is 0 Å². The Morgan fingerprint density at radius 1 is 1.27 bits per heavy atom. The van der Waals surface area contributed by atoms with Gasteiger partial charge in [-0.2, -0.15) is 0 Å². The van der Waals surface area contributed by atoms with Crippen LogP contribution in [0, 0.1) is 5.82 Å². The van der Waals surface area contributed by atoms with Crippen LogP contribution in [0.4, 0.5) is 4.39 Å². The van der Waals surface area contributed by atoms with E-state index in [1.54, 1.807) is 31.6 Å². The van der Waals surface area contributed by atoms with Crippen LogP contribution in [0.5, 0.6) is 0 Å². The second kappa shape index (κ2) is 6.65. The molecule has 0 aliphatic heterocycles. The van der Waals surface area contributed by atoms with Crippen molar-refractivity contribution in [2.45, 2.75) is 13.0 Å². The fourth-order valence-electron chi connectivity index (χ4n) is 1.73. The second-order valence-corrected chi connectivity index (χ2v) is 5.68. The van der Waals surface area contributed by atoms with Gasteiger partial charge in [-0.3, -0.25) is 4.79 Å². The number of aromatic nitrogens is 1. The molecule has 0 unspecified atom stereocenters. The van der Waals surface area contributed by atoms with Gasteiger partial charge >= 0.3 is 5.97 Å². The van der Waals surface area contributed by atoms with Crippen molar-refractivity contribution in [2.75, 3.05) is 14.1 Å². The Morgan fingerprint density at radius 3 is 2.50 bits per heavy atom. The molecule has 0 spiro atoms. The molecule has 0 bridgehead atoms. The number of likely N-dealkylation sites (N-methyl/N-ethyl adjacent to an activating group) is 1. The number of carbonyl (C=O) groups is 2. The highest BCUT2D eigenvalue weighted by Gasteiger charge is 2.22. The molecule has 0 aliphatic rings. The fraction of sp³-hybridized carbons (Fsp3) is 0.267. The van der Waals surface area contributed by atoms with Gasteiger partial charge in [0.1, 0.15) is 10.8 Å². The van der Waals surface area contributed by atoms with E-state index in [-0.39, 0.29) is 17.4 Å². The van der Waals surface area contributed by atoms with Gasteiger partial charge in [0.2, 0.25) is 0 Å². The van der Waals surface area contributed by atoms with Gasteiger partial charge in [0, 0.05) is 25.0 Å². The average Bonchev–Trinajstić information content (AvgIpc) is 2.96. The van der Waals surface area contributed by atoms with Crippen molar-refractivity contribution < 1.29 is 18.7 Å². The fourth-order valence-corrected chi connectivity index (χ4v) is 2.52. The van der Waals surface area contributed by atoms with Crippen molar-refractivity contribution in [2.24, 2.45) is 0 Å². The van der Waals surface area contributed by atoms with E-state index in [0.29, 0.717) is 10.6 Å². The Kier molecular flexibility index (Phi) is 4.87. The van der Waals surface area contributed by atoms with Crippen LogP contribution in [0.25, 0.3) is 10.6 Å². The highest BCUT2D eigenvalue weighted by Crippen LogP contribution is 2.24. The number of thiazole rings is 1. The number of hydrogen-bond acceptors (Lipinski definition) is 5. The molecule has 5 nitrogen and oxygen atoms in total. The summed E-state index contributed by atoms with van der Waals surface area (Å²) in [5.41, 5.74) is 0.839. The molecule has 22 heavy (non-hydrogen) atoms. The monoisotopic (exact) mass is 322 g/mol. The van der Waals surface area contributed by atoms with E-state index < -0.39 is 12.1 Å². The number of ether oxygens (including phenoxy) is 1. The molecule has 0 N–H and O–H groups in total. The van der Waals surface area contributed by atoms with E-state index in [0.717, 1.165) is 0 Å². The van der Waals surface area contributed by atoms with Crippen LogP contribution >= 0.6 is 11.3 Å². The SMILES string of the molecule is C[C@H](OC(=O)c1csc(-c2ccc(F)cc2)n1)C(=O)N(C)C. The maximum atomic E-state index is 12.9. The molecule has 2 aromatic rings. The maximum Gasteiger partial charge on any atom is 0.358 e. The zero-order valence-corrected chi connectivity index (χ0v) is 13.2. The topological polar surface area (TPSA) is 59.5 Å². The van der Waals surface area contributed by atoms with Crippen LogP contribution in [-0.4, -0.2) is 42.0 Å². The summed E-state index contributed by atoms with van der Waals surface area (Å²) in [6.07, 6.45) is -0.876. The Bertz CT molecular complexity index is 682. The Morgan fingerprint density at radius 2 is 1.91 bits per heavy atom. The molecule has 1 heterocycles. The molecule has 0 aliphatic carbocycles. The van der Waals surface area contributed by atoms with Gasteiger partial charge in [0.25, 0.3) is 5.91 Å². The minimum Gasteiger partial charge on any atom is -0.448 e. The summed E-state index contributed by atoms with van der Waals surface area (Å²) < 4.78 is 18.0. The molecule has 0 saturated carbocycles. The summed E-state index contributed by atoms with van der Waals surface area (Å²) >= 11 is 1.25. The van der Waals surface area contributed by atoms with Gasteiger partial charge < -0.3 is 9.64 Å². The first-order valence-electron chi connectivity index (χ1n) is 6.52. The maximum absolute atomic E-state index is 12.9. The van der Waals surface area contributed by atoms with Crippen LogP contribution in [0.1, 0.15) is 17.4 Å². The van der Waals surface area contributed by atoms with Crippen LogP contribution in [0.15, 0.2) is 29.6 Å². The van der Waals surface area contributed by atoms with E-state index in [1.165, 1.54) is 35.3 Å². The average molecular weight is 322 g/mol. The van der Waals surface area contributed by atoms with Crippen LogP contribution in [-0.2, 0) is 9.53 Å². The summed E-state index contributed by atoms with van der Waals surface area (Å²) in [5, 5.41) is 2.13. The molecule has 1 atom stereocenters. The standard InChI is InChI=1S/C15H15FN2O3S/c1-9(14(19)18(2)3)21-15(20)12-8-22-13(17-12)10-4-6-11(16)7-5-10/h4-9H,1-3H3/t9-/m0/s1. The number of nitrogens with zero attached hydrogens (tertiary/aromatic N) is 2. The van der Waals surface area contributed by atoms with E-state index in [4.69, 9.17) is 4.74 Å². The number of amides is 1. The molecule has 1 aromatic heterocycles. The summed E-state index contributed by atoms with van der Waals surface area (Å²) in [6.45, 7) is 1.51. The molecule has 116 valence electrons. The molecular weight excluding hydrogens is 307 g/mol. The van der Waals surface area contributed by atoms with Crippen molar-refractivity contribution in [3.05, 3.63) is 41.2 Å². The Labute approximate surface area is 131 Å². The number of rotatable bonds is 4. The lowest BCUT2D eigenvalue weighted by atomic mass is 10.2. The quantitative estimate of drug-likeness (QED) is 0.812. The third-order valence-corrected chi connectivity index (χ3v) is 3.77. The smallest absolute Gasteiger partial charge is 0.358 e. The molecule has 0 fully saturated rings. The first-order valence-corrected chi connectivity index (χ1v) is 7.40. The highest BCUT2D eigenvalue weighted by molar-refractivity contribution is 7.13. The Hall–Kier alpha value is -2.28. The zero-order chi connectivity index (χ0) is 16.3. The number of halogens is 1. The molecular formula is C15H15FN2O3S. The molecule has 0 saturated heterocycles. The highest BCUT2D eigenvalue weighted by atomic mass is 32.1. The minimum atomic E-state index is -0.876. The largest absolute Gasteiger partial charge is 0.448 e.